The van der Waals surface area contributed by atoms with Crippen LogP contribution in [0.2, 0.25) is 0 Å². The van der Waals surface area contributed by atoms with E-state index in [1.165, 1.54) is 11.9 Å². The molecule has 0 amide bonds. The fourth-order valence-electron chi connectivity index (χ4n) is 2.18. The highest BCUT2D eigenvalue weighted by Crippen LogP contribution is 2.52. The van der Waals surface area contributed by atoms with Crippen LogP contribution in [0.25, 0.3) is 0 Å². The summed E-state index contributed by atoms with van der Waals surface area (Å²) < 4.78 is 14.5. The largest absolute Gasteiger partial charge is 0.399 e. The molecule has 0 saturated heterocycles. The minimum absolute atomic E-state index is 0.176. The first-order chi connectivity index (χ1) is 8.51. The molecule has 4 N–H and O–H groups in total. The summed E-state index contributed by atoms with van der Waals surface area (Å²) in [5.41, 5.74) is 6.56. The molecule has 0 bridgehead atoms. The summed E-state index contributed by atoms with van der Waals surface area (Å²) in [5.74, 6) is -0.176. The second kappa shape index (κ2) is 4.40. The molecule has 0 aliphatic heterocycles. The van der Waals surface area contributed by atoms with E-state index in [4.69, 9.17) is 16.6 Å². The SMILES string of the molecule is CN(C=N)C(=N)C(F)C1(c2cccc(N)c2)CC1. The van der Waals surface area contributed by atoms with Crippen LogP contribution in [-0.4, -0.2) is 30.3 Å². The summed E-state index contributed by atoms with van der Waals surface area (Å²) in [6, 6.07) is 7.20. The number of nitrogens with zero attached hydrogens (tertiary/aromatic N) is 1. The number of rotatable bonds is 4. The Morgan fingerprint density at radius 2 is 2.22 bits per heavy atom. The Morgan fingerprint density at radius 3 is 2.72 bits per heavy atom. The molecule has 1 aliphatic rings. The van der Waals surface area contributed by atoms with Crippen molar-refractivity contribution in [3.8, 4) is 0 Å². The van der Waals surface area contributed by atoms with Gasteiger partial charge in [-0.05, 0) is 30.5 Å². The molecular weight excluding hydrogens is 231 g/mol. The molecule has 4 nitrogen and oxygen atoms in total. The third-order valence-electron chi connectivity index (χ3n) is 3.55. The first kappa shape index (κ1) is 12.5. The summed E-state index contributed by atoms with van der Waals surface area (Å²) in [4.78, 5) is 1.19. The maximum atomic E-state index is 14.5. The van der Waals surface area contributed by atoms with E-state index in [1.807, 2.05) is 6.07 Å². The predicted octanol–water partition coefficient (Wildman–Crippen LogP) is 2.15. The lowest BCUT2D eigenvalue weighted by Crippen LogP contribution is -2.39. The van der Waals surface area contributed by atoms with Crippen LogP contribution in [0.4, 0.5) is 10.1 Å². The number of amidine groups is 1. The van der Waals surface area contributed by atoms with Crippen molar-refractivity contribution in [2.24, 2.45) is 0 Å². The number of nitrogens with one attached hydrogen (secondary N) is 2. The molecule has 96 valence electrons. The van der Waals surface area contributed by atoms with Gasteiger partial charge in [0.2, 0.25) is 0 Å². The van der Waals surface area contributed by atoms with Crippen molar-refractivity contribution in [2.45, 2.75) is 24.4 Å². The lowest BCUT2D eigenvalue weighted by Gasteiger charge is -2.25. The topological polar surface area (TPSA) is 77.0 Å². The van der Waals surface area contributed by atoms with Crippen LogP contribution in [0.1, 0.15) is 18.4 Å². The van der Waals surface area contributed by atoms with E-state index in [1.54, 1.807) is 18.2 Å². The molecular formula is C13H17FN4. The molecule has 18 heavy (non-hydrogen) atoms. The standard InChI is InChI=1S/C13H17FN4/c1-18(8-15)12(17)11(14)13(5-6-13)9-3-2-4-10(16)7-9/h2-4,7-8,11,15,17H,5-6,16H2,1H3. The van der Waals surface area contributed by atoms with Crippen LogP contribution in [-0.2, 0) is 5.41 Å². The first-order valence-corrected chi connectivity index (χ1v) is 5.83. The van der Waals surface area contributed by atoms with E-state index in [0.29, 0.717) is 18.5 Å². The highest BCUT2D eigenvalue weighted by Gasteiger charge is 2.53. The number of nitrogens with two attached hydrogens (primary N) is 1. The molecule has 1 atom stereocenters. The van der Waals surface area contributed by atoms with Crippen molar-refractivity contribution in [2.75, 3.05) is 12.8 Å². The third-order valence-corrected chi connectivity index (χ3v) is 3.55. The second-order valence-corrected chi connectivity index (χ2v) is 4.77. The number of anilines is 1. The van der Waals surface area contributed by atoms with Gasteiger partial charge in [-0.2, -0.15) is 0 Å². The first-order valence-electron chi connectivity index (χ1n) is 5.83. The summed E-state index contributed by atoms with van der Waals surface area (Å²) >= 11 is 0. The second-order valence-electron chi connectivity index (χ2n) is 4.77. The van der Waals surface area contributed by atoms with Gasteiger partial charge in [0.1, 0.15) is 5.84 Å². The quantitative estimate of drug-likeness (QED) is 0.434. The van der Waals surface area contributed by atoms with Gasteiger partial charge in [0, 0.05) is 18.2 Å². The van der Waals surface area contributed by atoms with Gasteiger partial charge in [-0.3, -0.25) is 10.8 Å². The number of hydrogen-bond acceptors (Lipinski definition) is 3. The molecule has 0 heterocycles. The lowest BCUT2D eigenvalue weighted by atomic mass is 9.89. The van der Waals surface area contributed by atoms with Crippen molar-refractivity contribution < 1.29 is 4.39 Å². The van der Waals surface area contributed by atoms with Gasteiger partial charge in [-0.15, -0.1) is 0 Å². The Bertz CT molecular complexity index is 482. The summed E-state index contributed by atoms with van der Waals surface area (Å²) in [6.07, 6.45) is 0.980. The van der Waals surface area contributed by atoms with Gasteiger partial charge in [-0.1, -0.05) is 12.1 Å². The van der Waals surface area contributed by atoms with Gasteiger partial charge in [0.25, 0.3) is 0 Å². The Balaban J connectivity index is 2.27. The Hall–Kier alpha value is -1.91. The molecule has 1 saturated carbocycles. The Labute approximate surface area is 106 Å². The zero-order chi connectivity index (χ0) is 13.3. The number of benzene rings is 1. The summed E-state index contributed by atoms with van der Waals surface area (Å²) in [5, 5.41) is 14.8. The zero-order valence-electron chi connectivity index (χ0n) is 10.3. The normalized spacial score (nSPS) is 17.9. The molecule has 0 spiro atoms. The molecule has 0 aromatic heterocycles. The summed E-state index contributed by atoms with van der Waals surface area (Å²) in [6.45, 7) is 0. The Morgan fingerprint density at radius 1 is 1.56 bits per heavy atom. The Kier molecular flexibility index (Phi) is 3.07. The van der Waals surface area contributed by atoms with Crippen LogP contribution >= 0.6 is 0 Å². The average Bonchev–Trinajstić information content (AvgIpc) is 3.17. The maximum Gasteiger partial charge on any atom is 0.167 e. The minimum atomic E-state index is -1.40. The fraction of sp³-hybridized carbons (Fsp3) is 0.385. The van der Waals surface area contributed by atoms with Crippen LogP contribution in [0.15, 0.2) is 24.3 Å². The number of alkyl halides is 1. The molecule has 5 heteroatoms. The molecule has 0 radical (unpaired) electrons. The van der Waals surface area contributed by atoms with Gasteiger partial charge in [0.15, 0.2) is 6.17 Å². The van der Waals surface area contributed by atoms with Crippen molar-refractivity contribution in [1.82, 2.24) is 4.90 Å². The van der Waals surface area contributed by atoms with E-state index >= 15 is 0 Å². The molecule has 1 aromatic carbocycles. The number of hydrogen-bond donors (Lipinski definition) is 3. The van der Waals surface area contributed by atoms with Gasteiger partial charge in [0.05, 0.1) is 6.34 Å². The predicted molar refractivity (Wildman–Crippen MR) is 70.9 cm³/mol. The van der Waals surface area contributed by atoms with Crippen LogP contribution in [0.3, 0.4) is 0 Å². The van der Waals surface area contributed by atoms with Crippen molar-refractivity contribution in [3.63, 3.8) is 0 Å². The third kappa shape index (κ3) is 1.96. The van der Waals surface area contributed by atoms with E-state index in [9.17, 15) is 4.39 Å². The van der Waals surface area contributed by atoms with Gasteiger partial charge < -0.3 is 10.6 Å². The number of halogens is 1. The maximum absolute atomic E-state index is 14.5. The highest BCUT2D eigenvalue weighted by molar-refractivity contribution is 5.93. The van der Waals surface area contributed by atoms with E-state index < -0.39 is 11.6 Å². The van der Waals surface area contributed by atoms with Crippen molar-refractivity contribution >= 4 is 17.9 Å². The van der Waals surface area contributed by atoms with Gasteiger partial charge in [-0.25, -0.2) is 4.39 Å². The van der Waals surface area contributed by atoms with E-state index in [-0.39, 0.29) is 5.84 Å². The van der Waals surface area contributed by atoms with E-state index in [2.05, 4.69) is 0 Å². The summed E-state index contributed by atoms with van der Waals surface area (Å²) in [7, 11) is 1.51. The lowest BCUT2D eigenvalue weighted by molar-refractivity contribution is 0.330. The van der Waals surface area contributed by atoms with E-state index in [0.717, 1.165) is 11.9 Å². The number of nitrogen functional groups attached to an aromatic ring is 1. The smallest absolute Gasteiger partial charge is 0.167 e. The molecule has 1 unspecified atom stereocenters. The van der Waals surface area contributed by atoms with Gasteiger partial charge >= 0.3 is 0 Å². The van der Waals surface area contributed by atoms with Crippen LogP contribution in [0, 0.1) is 10.8 Å². The zero-order valence-corrected chi connectivity index (χ0v) is 10.3. The molecule has 2 rings (SSSR count). The minimum Gasteiger partial charge on any atom is -0.399 e. The fourth-order valence-corrected chi connectivity index (χ4v) is 2.18. The monoisotopic (exact) mass is 248 g/mol. The van der Waals surface area contributed by atoms with Crippen LogP contribution < -0.4 is 5.73 Å². The highest BCUT2D eigenvalue weighted by atomic mass is 19.1. The van der Waals surface area contributed by atoms with Crippen LogP contribution in [0.5, 0.6) is 0 Å². The molecule has 1 fully saturated rings. The van der Waals surface area contributed by atoms with Crippen molar-refractivity contribution in [3.05, 3.63) is 29.8 Å². The molecule has 1 aromatic rings. The van der Waals surface area contributed by atoms with Crippen molar-refractivity contribution in [1.29, 1.82) is 10.8 Å². The molecule has 1 aliphatic carbocycles. The average molecular weight is 248 g/mol.